The van der Waals surface area contributed by atoms with Crippen LogP contribution in [0.3, 0.4) is 0 Å². The molecule has 0 unspecified atom stereocenters. The summed E-state index contributed by atoms with van der Waals surface area (Å²) in [7, 11) is -2.59. The first-order chi connectivity index (χ1) is 22.9. The SMILES string of the molecule is CCOC(=O)[C@@H](OC)[C@@H]1/C=C\[C@@H]2CC[C@H]2CN2C[C@@]3(CCCc4cc(Cl)ccc43)COc3ccc(cc32)C(=O)NS(=O)(=O)[C@H](C)[C@@H](C)C1. The molecular formula is C37H47ClN2O7S. The van der Waals surface area contributed by atoms with Crippen molar-refractivity contribution in [2.24, 2.45) is 23.7 Å². The summed E-state index contributed by atoms with van der Waals surface area (Å²) >= 11 is 6.42. The highest BCUT2D eigenvalue weighted by atomic mass is 35.5. The third-order valence-electron chi connectivity index (χ3n) is 11.2. The zero-order valence-electron chi connectivity index (χ0n) is 28.2. The summed E-state index contributed by atoms with van der Waals surface area (Å²) in [6, 6.07) is 11.4. The van der Waals surface area contributed by atoms with E-state index in [2.05, 4.69) is 27.8 Å². The number of carbonyl (C=O) groups excluding carboxylic acids is 2. The largest absolute Gasteiger partial charge is 0.490 e. The lowest BCUT2D eigenvalue weighted by molar-refractivity contribution is -0.157. The number of esters is 1. The van der Waals surface area contributed by atoms with E-state index in [1.165, 1.54) is 18.2 Å². The molecule has 2 aromatic carbocycles. The molecule has 4 aliphatic rings. The van der Waals surface area contributed by atoms with Crippen LogP contribution in [0.1, 0.15) is 74.4 Å². The highest BCUT2D eigenvalue weighted by Gasteiger charge is 2.44. The van der Waals surface area contributed by atoms with Gasteiger partial charge in [0, 0.05) is 42.1 Å². The molecule has 1 fully saturated rings. The lowest BCUT2D eigenvalue weighted by Gasteiger charge is -2.44. The molecule has 48 heavy (non-hydrogen) atoms. The first-order valence-electron chi connectivity index (χ1n) is 17.2. The Balaban J connectivity index is 1.41. The first kappa shape index (κ1) is 34.8. The standard InChI is InChI=1S/C37H47ClN2O7S/c1-5-46-36(42)34(45-4)27-10-8-25-9-11-29(25)20-40-21-37(16-6-7-26-18-30(38)13-14-31(26)37)22-47-33-15-12-28(19-32(33)40)35(41)39-48(43,44)24(3)23(2)17-27/h8,10,12-15,18-19,23-25,27,29,34H,5-7,9,11,16-17,20-22H2,1-4H3,(H,39,41)/b10-8-/t23-,24+,25+,27+,29-,34-,37-/m0/s1. The van der Waals surface area contributed by atoms with Gasteiger partial charge in [-0.05, 0) is 112 Å². The Morgan fingerprint density at radius 2 is 1.98 bits per heavy atom. The van der Waals surface area contributed by atoms with Crippen molar-refractivity contribution in [1.82, 2.24) is 4.72 Å². The van der Waals surface area contributed by atoms with Crippen LogP contribution in [0.2, 0.25) is 5.02 Å². The smallest absolute Gasteiger partial charge is 0.335 e. The van der Waals surface area contributed by atoms with E-state index < -0.39 is 45.1 Å². The van der Waals surface area contributed by atoms with Crippen molar-refractivity contribution < 1.29 is 32.2 Å². The Bertz CT molecular complexity index is 1680. The molecule has 11 heteroatoms. The van der Waals surface area contributed by atoms with Crippen LogP contribution in [-0.2, 0) is 36.1 Å². The zero-order valence-corrected chi connectivity index (χ0v) is 29.8. The molecule has 1 saturated carbocycles. The van der Waals surface area contributed by atoms with Crippen molar-refractivity contribution in [1.29, 1.82) is 0 Å². The van der Waals surface area contributed by atoms with Gasteiger partial charge in [-0.15, -0.1) is 0 Å². The molecule has 260 valence electrons. The molecule has 2 bridgehead atoms. The van der Waals surface area contributed by atoms with Gasteiger partial charge >= 0.3 is 5.97 Å². The minimum atomic E-state index is -4.07. The van der Waals surface area contributed by atoms with Gasteiger partial charge in [0.05, 0.1) is 24.2 Å². The first-order valence-corrected chi connectivity index (χ1v) is 19.1. The van der Waals surface area contributed by atoms with Crippen LogP contribution in [0.25, 0.3) is 0 Å². The summed E-state index contributed by atoms with van der Waals surface area (Å²) in [6.07, 6.45) is 8.69. The third kappa shape index (κ3) is 6.85. The fourth-order valence-corrected chi connectivity index (χ4v) is 9.56. The van der Waals surface area contributed by atoms with Crippen LogP contribution >= 0.6 is 11.6 Å². The summed E-state index contributed by atoms with van der Waals surface area (Å²) in [5, 5.41) is -0.189. The third-order valence-corrected chi connectivity index (χ3v) is 13.3. The summed E-state index contributed by atoms with van der Waals surface area (Å²) in [4.78, 5) is 28.9. The number of carbonyl (C=O) groups is 2. The maximum atomic E-state index is 13.6. The van der Waals surface area contributed by atoms with E-state index in [0.29, 0.717) is 31.2 Å². The average molecular weight is 699 g/mol. The molecular weight excluding hydrogens is 652 g/mol. The molecule has 2 aliphatic carbocycles. The summed E-state index contributed by atoms with van der Waals surface area (Å²) in [6.45, 7) is 7.31. The zero-order chi connectivity index (χ0) is 34.2. The predicted octanol–water partition coefficient (Wildman–Crippen LogP) is 6.08. The molecule has 1 amide bonds. The van der Waals surface area contributed by atoms with Gasteiger partial charge in [0.2, 0.25) is 10.0 Å². The molecule has 0 radical (unpaired) electrons. The van der Waals surface area contributed by atoms with Crippen LogP contribution in [0.15, 0.2) is 48.6 Å². The number of anilines is 1. The van der Waals surface area contributed by atoms with E-state index in [-0.39, 0.29) is 23.5 Å². The minimum absolute atomic E-state index is 0.215. The number of benzene rings is 2. The van der Waals surface area contributed by atoms with E-state index in [9.17, 15) is 18.0 Å². The van der Waals surface area contributed by atoms with Gasteiger partial charge in [-0.1, -0.05) is 36.7 Å². The van der Waals surface area contributed by atoms with Gasteiger partial charge in [-0.3, -0.25) is 4.79 Å². The predicted molar refractivity (Wildman–Crippen MR) is 186 cm³/mol. The minimum Gasteiger partial charge on any atom is -0.490 e. The van der Waals surface area contributed by atoms with Gasteiger partial charge in [0.25, 0.3) is 5.91 Å². The molecule has 9 nitrogen and oxygen atoms in total. The highest BCUT2D eigenvalue weighted by molar-refractivity contribution is 7.90. The number of aryl methyl sites for hydroxylation is 1. The molecule has 2 heterocycles. The van der Waals surface area contributed by atoms with Crippen molar-refractivity contribution in [2.75, 3.05) is 38.3 Å². The second kappa shape index (κ2) is 14.0. The number of amides is 1. The van der Waals surface area contributed by atoms with Gasteiger partial charge in [-0.2, -0.15) is 0 Å². The number of sulfonamides is 1. The molecule has 2 aromatic rings. The van der Waals surface area contributed by atoms with Gasteiger partial charge < -0.3 is 19.1 Å². The van der Waals surface area contributed by atoms with Gasteiger partial charge in [-0.25, -0.2) is 17.9 Å². The van der Waals surface area contributed by atoms with E-state index in [4.69, 9.17) is 25.8 Å². The molecule has 7 atom stereocenters. The molecule has 1 spiro atoms. The number of allylic oxidation sites excluding steroid dienone is 1. The van der Waals surface area contributed by atoms with Gasteiger partial charge in [0.1, 0.15) is 5.75 Å². The highest BCUT2D eigenvalue weighted by Crippen LogP contribution is 2.46. The van der Waals surface area contributed by atoms with E-state index in [1.807, 2.05) is 19.1 Å². The molecule has 2 aliphatic heterocycles. The quantitative estimate of drug-likeness (QED) is 0.302. The number of methoxy groups -OCH3 is 1. The number of ether oxygens (including phenoxy) is 3. The van der Waals surface area contributed by atoms with Crippen LogP contribution in [0.4, 0.5) is 5.69 Å². The van der Waals surface area contributed by atoms with E-state index >= 15 is 0 Å². The number of hydrogen-bond donors (Lipinski definition) is 1. The van der Waals surface area contributed by atoms with Crippen LogP contribution < -0.4 is 14.4 Å². The maximum Gasteiger partial charge on any atom is 0.335 e. The Labute approximate surface area is 289 Å². The van der Waals surface area contributed by atoms with Crippen molar-refractivity contribution in [3.63, 3.8) is 0 Å². The average Bonchev–Trinajstić information content (AvgIpc) is 3.19. The number of rotatable bonds is 4. The fourth-order valence-electron chi connectivity index (χ4n) is 8.08. The van der Waals surface area contributed by atoms with E-state index in [1.54, 1.807) is 32.0 Å². The topological polar surface area (TPSA) is 111 Å². The Morgan fingerprint density at radius 3 is 2.71 bits per heavy atom. The summed E-state index contributed by atoms with van der Waals surface area (Å²) < 4.78 is 47.1. The molecule has 0 aromatic heterocycles. The monoisotopic (exact) mass is 698 g/mol. The van der Waals surface area contributed by atoms with Crippen LogP contribution in [0, 0.1) is 23.7 Å². The second-order valence-corrected chi connectivity index (χ2v) is 16.6. The number of fused-ring (bicyclic) bond motifs is 4. The lowest BCUT2D eigenvalue weighted by atomic mass is 9.69. The van der Waals surface area contributed by atoms with Gasteiger partial charge in [0.15, 0.2) is 6.10 Å². The normalized spacial score (nSPS) is 31.1. The Hall–Kier alpha value is -3.08. The summed E-state index contributed by atoms with van der Waals surface area (Å²) in [5.74, 6) is -0.680. The van der Waals surface area contributed by atoms with Crippen molar-refractivity contribution in [3.05, 3.63) is 70.3 Å². The molecule has 0 saturated heterocycles. The summed E-state index contributed by atoms with van der Waals surface area (Å²) in [5.41, 5.74) is 3.27. The number of halogens is 1. The second-order valence-electron chi connectivity index (χ2n) is 14.1. The Morgan fingerprint density at radius 1 is 1.17 bits per heavy atom. The van der Waals surface area contributed by atoms with E-state index in [0.717, 1.165) is 49.4 Å². The number of nitrogens with one attached hydrogen (secondary N) is 1. The van der Waals surface area contributed by atoms with Crippen LogP contribution in [0.5, 0.6) is 5.75 Å². The van der Waals surface area contributed by atoms with Crippen LogP contribution in [-0.4, -0.2) is 65.1 Å². The van der Waals surface area contributed by atoms with Crippen molar-refractivity contribution in [3.8, 4) is 5.75 Å². The number of hydrogen-bond acceptors (Lipinski definition) is 8. The number of nitrogens with zero attached hydrogens (tertiary/aromatic N) is 1. The maximum absolute atomic E-state index is 13.6. The lowest BCUT2D eigenvalue weighted by Crippen LogP contribution is -2.48. The molecule has 1 N–H and O–H groups in total. The van der Waals surface area contributed by atoms with Crippen molar-refractivity contribution >= 4 is 39.2 Å². The molecule has 6 rings (SSSR count). The Kier molecular flexibility index (Phi) is 10.2. The fraction of sp³-hybridized carbons (Fsp3) is 0.568. The van der Waals surface area contributed by atoms with Crippen molar-refractivity contribution in [2.45, 2.75) is 76.1 Å².